The third kappa shape index (κ3) is 5.30. The van der Waals surface area contributed by atoms with Crippen LogP contribution in [0.3, 0.4) is 0 Å². The Labute approximate surface area is 114 Å². The van der Waals surface area contributed by atoms with Crippen LogP contribution < -0.4 is 15.2 Å². The second kappa shape index (κ2) is 6.57. The van der Waals surface area contributed by atoms with E-state index in [0.29, 0.717) is 12.2 Å². The van der Waals surface area contributed by atoms with Crippen LogP contribution >= 0.6 is 0 Å². The van der Waals surface area contributed by atoms with Crippen LogP contribution in [0.5, 0.6) is 0 Å². The van der Waals surface area contributed by atoms with Gasteiger partial charge in [0, 0.05) is 11.6 Å². The molecule has 19 heavy (non-hydrogen) atoms. The maximum Gasteiger partial charge on any atom is 0.299 e. The van der Waals surface area contributed by atoms with Crippen LogP contribution in [0.15, 0.2) is 18.2 Å². The second-order valence-electron chi connectivity index (χ2n) is 4.41. The largest absolute Gasteiger partial charge is 0.320 e. The van der Waals surface area contributed by atoms with Crippen LogP contribution in [-0.4, -0.2) is 21.0 Å². The fraction of sp³-hybridized carbons (Fsp3) is 0.385. The molecule has 0 aromatic heterocycles. The molecule has 0 bridgehead atoms. The highest BCUT2D eigenvalue weighted by atomic mass is 32.2. The van der Waals surface area contributed by atoms with Crippen LogP contribution in [0.4, 0.5) is 5.69 Å². The van der Waals surface area contributed by atoms with Crippen molar-refractivity contribution in [1.82, 2.24) is 4.72 Å². The fourth-order valence-corrected chi connectivity index (χ4v) is 2.69. The van der Waals surface area contributed by atoms with Crippen molar-refractivity contribution < 1.29 is 8.42 Å². The molecule has 0 radical (unpaired) electrons. The molecule has 0 atom stereocenters. The molecule has 1 rings (SSSR count). The van der Waals surface area contributed by atoms with Gasteiger partial charge < -0.3 is 5.73 Å². The van der Waals surface area contributed by atoms with Gasteiger partial charge in [-0.25, -0.2) is 0 Å². The Kier molecular flexibility index (Phi) is 5.36. The zero-order chi connectivity index (χ0) is 14.5. The zero-order valence-corrected chi connectivity index (χ0v) is 12.1. The molecule has 0 aliphatic heterocycles. The second-order valence-corrected chi connectivity index (χ2v) is 5.86. The van der Waals surface area contributed by atoms with Gasteiger partial charge in [0.25, 0.3) is 10.2 Å². The van der Waals surface area contributed by atoms with Crippen LogP contribution in [0.25, 0.3) is 0 Å². The molecule has 4 N–H and O–H groups in total. The van der Waals surface area contributed by atoms with E-state index in [9.17, 15) is 8.42 Å². The van der Waals surface area contributed by atoms with Crippen molar-refractivity contribution in [1.29, 1.82) is 0 Å². The van der Waals surface area contributed by atoms with Crippen molar-refractivity contribution in [2.75, 3.05) is 11.3 Å². The zero-order valence-electron chi connectivity index (χ0n) is 11.3. The summed E-state index contributed by atoms with van der Waals surface area (Å²) in [5, 5.41) is 0. The number of hydrogen-bond acceptors (Lipinski definition) is 3. The highest BCUT2D eigenvalue weighted by Gasteiger charge is 2.12. The molecule has 1 aromatic rings. The molecule has 6 heteroatoms. The van der Waals surface area contributed by atoms with Crippen molar-refractivity contribution in [2.24, 2.45) is 5.73 Å². The summed E-state index contributed by atoms with van der Waals surface area (Å²) in [5.41, 5.74) is 7.45. The van der Waals surface area contributed by atoms with Gasteiger partial charge in [-0.3, -0.25) is 4.72 Å². The molecule has 0 saturated heterocycles. The Morgan fingerprint density at radius 2 is 2.05 bits per heavy atom. The lowest BCUT2D eigenvalue weighted by Crippen LogP contribution is -2.35. The smallest absolute Gasteiger partial charge is 0.299 e. The van der Waals surface area contributed by atoms with Gasteiger partial charge >= 0.3 is 0 Å². The molecule has 0 amide bonds. The molecule has 0 saturated carbocycles. The lowest BCUT2D eigenvalue weighted by Gasteiger charge is -2.13. The summed E-state index contributed by atoms with van der Waals surface area (Å²) in [5.74, 6) is 5.65. The Balaban J connectivity index is 2.92. The van der Waals surface area contributed by atoms with Gasteiger partial charge in [-0.1, -0.05) is 11.8 Å². The molecule has 0 heterocycles. The number of aryl methyl sites for hydroxylation is 1. The maximum atomic E-state index is 11.8. The summed E-state index contributed by atoms with van der Waals surface area (Å²) < 4.78 is 28.5. The summed E-state index contributed by atoms with van der Waals surface area (Å²) >= 11 is 0. The monoisotopic (exact) mass is 281 g/mol. The molecule has 1 aromatic carbocycles. The van der Waals surface area contributed by atoms with Gasteiger partial charge in [0.15, 0.2) is 0 Å². The SMILES string of the molecule is Cc1cc(C#CCN)ccc1NS(=O)(=O)NC(C)C. The predicted octanol–water partition coefficient (Wildman–Crippen LogP) is 0.960. The highest BCUT2D eigenvalue weighted by Crippen LogP contribution is 2.17. The van der Waals surface area contributed by atoms with E-state index in [1.54, 1.807) is 26.0 Å². The average molecular weight is 281 g/mol. The summed E-state index contributed by atoms with van der Waals surface area (Å²) in [4.78, 5) is 0. The number of nitrogens with one attached hydrogen (secondary N) is 2. The standard InChI is InChI=1S/C13H19N3O2S/c1-10(2)15-19(17,18)16-13-7-6-12(5-4-8-14)9-11(13)3/h6-7,9-10,15-16H,8,14H2,1-3H3. The Morgan fingerprint density at radius 1 is 1.37 bits per heavy atom. The molecule has 0 spiro atoms. The Hall–Kier alpha value is -1.55. The minimum atomic E-state index is -3.54. The van der Waals surface area contributed by atoms with E-state index >= 15 is 0 Å². The van der Waals surface area contributed by atoms with Crippen molar-refractivity contribution in [2.45, 2.75) is 26.8 Å². The van der Waals surface area contributed by atoms with Gasteiger partial charge in [-0.05, 0) is 44.5 Å². The predicted molar refractivity (Wildman–Crippen MR) is 77.9 cm³/mol. The van der Waals surface area contributed by atoms with E-state index in [-0.39, 0.29) is 6.04 Å². The topological polar surface area (TPSA) is 84.2 Å². The van der Waals surface area contributed by atoms with E-state index in [1.165, 1.54) is 0 Å². The highest BCUT2D eigenvalue weighted by molar-refractivity contribution is 7.90. The van der Waals surface area contributed by atoms with E-state index < -0.39 is 10.2 Å². The first kappa shape index (κ1) is 15.5. The normalized spacial score (nSPS) is 11.0. The number of rotatable bonds is 4. The summed E-state index contributed by atoms with van der Waals surface area (Å²) in [6, 6.07) is 5.10. The van der Waals surface area contributed by atoms with Crippen molar-refractivity contribution in [3.63, 3.8) is 0 Å². The van der Waals surface area contributed by atoms with Gasteiger partial charge in [0.1, 0.15) is 0 Å². The van der Waals surface area contributed by atoms with E-state index in [4.69, 9.17) is 5.73 Å². The van der Waals surface area contributed by atoms with Gasteiger partial charge in [-0.15, -0.1) is 0 Å². The molecular formula is C13H19N3O2S. The van der Waals surface area contributed by atoms with Crippen LogP contribution in [0.2, 0.25) is 0 Å². The van der Waals surface area contributed by atoms with Gasteiger partial charge in [0.05, 0.1) is 12.2 Å². The number of hydrogen-bond donors (Lipinski definition) is 3. The van der Waals surface area contributed by atoms with Crippen molar-refractivity contribution >= 4 is 15.9 Å². The fourth-order valence-electron chi connectivity index (χ4n) is 1.49. The van der Waals surface area contributed by atoms with E-state index in [2.05, 4.69) is 21.3 Å². The van der Waals surface area contributed by atoms with E-state index in [0.717, 1.165) is 11.1 Å². The number of benzene rings is 1. The molecule has 0 aliphatic carbocycles. The van der Waals surface area contributed by atoms with Crippen molar-refractivity contribution in [3.8, 4) is 11.8 Å². The first-order valence-corrected chi connectivity index (χ1v) is 7.42. The first-order chi connectivity index (χ1) is 8.84. The minimum Gasteiger partial charge on any atom is -0.320 e. The quantitative estimate of drug-likeness (QED) is 0.719. The Bertz CT molecular complexity index is 598. The Morgan fingerprint density at radius 3 is 2.58 bits per heavy atom. The van der Waals surface area contributed by atoms with Gasteiger partial charge in [-0.2, -0.15) is 13.1 Å². The molecule has 0 aliphatic rings. The first-order valence-electron chi connectivity index (χ1n) is 5.93. The third-order valence-electron chi connectivity index (χ3n) is 2.20. The molecule has 0 unspecified atom stereocenters. The van der Waals surface area contributed by atoms with Crippen LogP contribution in [0.1, 0.15) is 25.0 Å². The molecule has 5 nitrogen and oxygen atoms in total. The van der Waals surface area contributed by atoms with Crippen LogP contribution in [0, 0.1) is 18.8 Å². The summed E-state index contributed by atoms with van der Waals surface area (Å²) in [7, 11) is -3.54. The van der Waals surface area contributed by atoms with E-state index in [1.807, 2.05) is 13.0 Å². The minimum absolute atomic E-state index is 0.160. The van der Waals surface area contributed by atoms with Gasteiger partial charge in [0.2, 0.25) is 0 Å². The average Bonchev–Trinajstić information content (AvgIpc) is 2.27. The van der Waals surface area contributed by atoms with Crippen LogP contribution in [-0.2, 0) is 10.2 Å². The maximum absolute atomic E-state index is 11.8. The van der Waals surface area contributed by atoms with Crippen molar-refractivity contribution in [3.05, 3.63) is 29.3 Å². The summed E-state index contributed by atoms with van der Waals surface area (Å²) in [6.07, 6.45) is 0. The third-order valence-corrected chi connectivity index (χ3v) is 3.47. The molecule has 0 fully saturated rings. The number of nitrogens with two attached hydrogens (primary N) is 1. The molecule has 104 valence electrons. The molecular weight excluding hydrogens is 262 g/mol. The lowest BCUT2D eigenvalue weighted by atomic mass is 10.1. The summed E-state index contributed by atoms with van der Waals surface area (Å²) in [6.45, 7) is 5.64. The lowest BCUT2D eigenvalue weighted by molar-refractivity contribution is 0.575. The number of anilines is 1.